The van der Waals surface area contributed by atoms with Crippen LogP contribution in [0.15, 0.2) is 0 Å². The number of hydrogen-bond donors (Lipinski definition) is 2. The molecule has 0 unspecified atom stereocenters. The van der Waals surface area contributed by atoms with Gasteiger partial charge in [0, 0.05) is 37.6 Å². The number of aryl methyl sites for hydroxylation is 2. The monoisotopic (exact) mass is 310 g/mol. The zero-order valence-electron chi connectivity index (χ0n) is 12.2. The van der Waals surface area contributed by atoms with Crippen molar-refractivity contribution in [3.05, 3.63) is 10.6 Å². The number of amides is 1. The van der Waals surface area contributed by atoms with Gasteiger partial charge in [-0.2, -0.15) is 0 Å². The molecule has 116 valence electrons. The number of aliphatic hydroxyl groups is 1. The number of hydrogen-bond acceptors (Lipinski definition) is 6. The number of nitrogens with one attached hydrogen (secondary N) is 1. The van der Waals surface area contributed by atoms with E-state index in [0.29, 0.717) is 6.54 Å². The number of carbonyl (C=O) groups is 1. The zero-order valence-corrected chi connectivity index (χ0v) is 13.0. The molecular weight excluding hydrogens is 288 g/mol. The first-order valence-electron chi connectivity index (χ1n) is 7.58. The number of nitrogens with zero attached hydrogens (tertiary/aromatic N) is 3. The normalized spacial score (nSPS) is 19.7. The molecule has 2 N–H and O–H groups in total. The maximum Gasteiger partial charge on any atom is 0.240 e. The summed E-state index contributed by atoms with van der Waals surface area (Å²) in [5.74, 6) is 0.0260. The van der Waals surface area contributed by atoms with Gasteiger partial charge in [-0.05, 0) is 19.3 Å². The first-order chi connectivity index (χ1) is 10.2. The van der Waals surface area contributed by atoms with Crippen LogP contribution in [0.3, 0.4) is 0 Å². The second-order valence-corrected chi connectivity index (χ2v) is 6.72. The molecule has 1 aromatic rings. The van der Waals surface area contributed by atoms with E-state index in [4.69, 9.17) is 5.11 Å². The Morgan fingerprint density at radius 3 is 2.71 bits per heavy atom. The van der Waals surface area contributed by atoms with Gasteiger partial charge in [0.15, 0.2) is 5.13 Å². The van der Waals surface area contributed by atoms with Gasteiger partial charge >= 0.3 is 0 Å². The molecule has 0 aromatic carbocycles. The Balaban J connectivity index is 1.44. The first kappa shape index (κ1) is 14.9. The second kappa shape index (κ2) is 6.83. The van der Waals surface area contributed by atoms with E-state index in [9.17, 15) is 4.79 Å². The van der Waals surface area contributed by atoms with E-state index in [0.717, 1.165) is 50.7 Å². The topological polar surface area (TPSA) is 68.7 Å². The lowest BCUT2D eigenvalue weighted by molar-refractivity contribution is -0.117. The van der Waals surface area contributed by atoms with Crippen molar-refractivity contribution in [2.24, 2.45) is 0 Å². The summed E-state index contributed by atoms with van der Waals surface area (Å²) in [6.45, 7) is 4.94. The average Bonchev–Trinajstić information content (AvgIpc) is 3.02. The Bertz CT molecular complexity index is 476. The van der Waals surface area contributed by atoms with Gasteiger partial charge in [0.05, 0.1) is 18.8 Å². The van der Waals surface area contributed by atoms with E-state index in [1.54, 1.807) is 11.3 Å². The number of anilines is 1. The van der Waals surface area contributed by atoms with Crippen LogP contribution < -0.4 is 5.32 Å². The van der Waals surface area contributed by atoms with E-state index in [-0.39, 0.29) is 12.5 Å². The fourth-order valence-corrected chi connectivity index (χ4v) is 3.98. The van der Waals surface area contributed by atoms with E-state index >= 15 is 0 Å². The minimum absolute atomic E-state index is 0.0260. The molecule has 2 heterocycles. The molecule has 1 fully saturated rings. The number of fused-ring (bicyclic) bond motifs is 1. The third-order valence-electron chi connectivity index (χ3n) is 4.09. The summed E-state index contributed by atoms with van der Waals surface area (Å²) in [5, 5.41) is 12.6. The van der Waals surface area contributed by atoms with Crippen LogP contribution in [0.4, 0.5) is 5.13 Å². The van der Waals surface area contributed by atoms with Crippen molar-refractivity contribution in [2.75, 3.05) is 51.2 Å². The number of rotatable bonds is 5. The van der Waals surface area contributed by atoms with Gasteiger partial charge in [0.2, 0.25) is 5.91 Å². The Morgan fingerprint density at radius 1 is 1.24 bits per heavy atom. The first-order valence-corrected chi connectivity index (χ1v) is 8.40. The van der Waals surface area contributed by atoms with Crippen LogP contribution in [-0.4, -0.2) is 71.7 Å². The summed E-state index contributed by atoms with van der Waals surface area (Å²) in [7, 11) is 0. The minimum atomic E-state index is 0.0260. The summed E-state index contributed by atoms with van der Waals surface area (Å²) < 4.78 is 0. The van der Waals surface area contributed by atoms with Crippen LogP contribution in [-0.2, 0) is 17.6 Å². The van der Waals surface area contributed by atoms with Gasteiger partial charge in [0.1, 0.15) is 0 Å². The Kier molecular flexibility index (Phi) is 4.84. The summed E-state index contributed by atoms with van der Waals surface area (Å²) in [5.41, 5.74) is 1.17. The van der Waals surface area contributed by atoms with E-state index in [2.05, 4.69) is 20.1 Å². The van der Waals surface area contributed by atoms with Crippen molar-refractivity contribution in [1.82, 2.24) is 14.8 Å². The highest BCUT2D eigenvalue weighted by Gasteiger charge is 2.20. The molecule has 6 nitrogen and oxygen atoms in total. The van der Waals surface area contributed by atoms with Crippen molar-refractivity contribution in [3.8, 4) is 0 Å². The Morgan fingerprint density at radius 2 is 2.00 bits per heavy atom. The molecule has 7 heteroatoms. The predicted molar refractivity (Wildman–Crippen MR) is 82.7 cm³/mol. The van der Waals surface area contributed by atoms with Gasteiger partial charge in [-0.15, -0.1) is 11.3 Å². The highest BCUT2D eigenvalue weighted by Crippen LogP contribution is 2.30. The number of β-amino-alcohol motifs (C(OH)–C–C–N with tert-alkyl or cyclic N) is 1. The molecule has 1 saturated heterocycles. The Labute approximate surface area is 128 Å². The highest BCUT2D eigenvalue weighted by molar-refractivity contribution is 7.15. The number of carbonyl (C=O) groups excluding carboxylic acids is 1. The zero-order chi connectivity index (χ0) is 14.7. The van der Waals surface area contributed by atoms with E-state index in [1.165, 1.54) is 17.0 Å². The number of piperazine rings is 1. The second-order valence-electron chi connectivity index (χ2n) is 5.63. The lowest BCUT2D eigenvalue weighted by Gasteiger charge is -2.33. The lowest BCUT2D eigenvalue weighted by atomic mass is 10.3. The minimum Gasteiger partial charge on any atom is -0.395 e. The molecule has 3 rings (SSSR count). The fraction of sp³-hybridized carbons (Fsp3) is 0.714. The third-order valence-corrected chi connectivity index (χ3v) is 5.16. The van der Waals surface area contributed by atoms with Gasteiger partial charge < -0.3 is 10.4 Å². The largest absolute Gasteiger partial charge is 0.395 e. The van der Waals surface area contributed by atoms with Gasteiger partial charge in [-0.25, -0.2) is 4.98 Å². The summed E-state index contributed by atoms with van der Waals surface area (Å²) in [6.07, 6.45) is 3.35. The lowest BCUT2D eigenvalue weighted by Crippen LogP contribution is -2.49. The maximum absolute atomic E-state index is 12.1. The molecule has 0 saturated carbocycles. The van der Waals surface area contributed by atoms with Crippen molar-refractivity contribution in [1.29, 1.82) is 0 Å². The highest BCUT2D eigenvalue weighted by atomic mass is 32.1. The number of aliphatic hydroxyl groups excluding tert-OH is 1. The smallest absolute Gasteiger partial charge is 0.240 e. The molecule has 1 amide bonds. The molecule has 0 bridgehead atoms. The van der Waals surface area contributed by atoms with Crippen LogP contribution in [0, 0.1) is 0 Å². The van der Waals surface area contributed by atoms with Crippen molar-refractivity contribution in [3.63, 3.8) is 0 Å². The number of thiazole rings is 1. The fourth-order valence-electron chi connectivity index (χ4n) is 2.92. The van der Waals surface area contributed by atoms with Crippen molar-refractivity contribution >= 4 is 22.4 Å². The van der Waals surface area contributed by atoms with Crippen LogP contribution in [0.5, 0.6) is 0 Å². The van der Waals surface area contributed by atoms with E-state index in [1.807, 2.05) is 0 Å². The quantitative estimate of drug-likeness (QED) is 0.812. The molecule has 0 spiro atoms. The average molecular weight is 310 g/mol. The third kappa shape index (κ3) is 3.79. The summed E-state index contributed by atoms with van der Waals surface area (Å²) in [6, 6.07) is 0. The van der Waals surface area contributed by atoms with Crippen LogP contribution in [0.1, 0.15) is 17.0 Å². The molecule has 1 aromatic heterocycles. The Hall–Kier alpha value is -1.02. The van der Waals surface area contributed by atoms with Gasteiger partial charge in [-0.1, -0.05) is 0 Å². The van der Waals surface area contributed by atoms with Crippen molar-refractivity contribution < 1.29 is 9.90 Å². The SMILES string of the molecule is O=C(CN1CCN(CCO)CC1)Nc1nc2c(s1)CCC2. The van der Waals surface area contributed by atoms with Gasteiger partial charge in [0.25, 0.3) is 0 Å². The predicted octanol–water partition coefficient (Wildman–Crippen LogP) is 0.180. The molecule has 21 heavy (non-hydrogen) atoms. The summed E-state index contributed by atoms with van der Waals surface area (Å²) >= 11 is 1.62. The van der Waals surface area contributed by atoms with Crippen LogP contribution in [0.25, 0.3) is 0 Å². The molecule has 2 aliphatic rings. The standard InChI is InChI=1S/C14H22N4O2S/c19-9-8-17-4-6-18(7-5-17)10-13(20)16-14-15-11-2-1-3-12(11)21-14/h19H,1-10H2,(H,15,16,20). The van der Waals surface area contributed by atoms with Crippen LogP contribution in [0.2, 0.25) is 0 Å². The molecular formula is C14H22N4O2S. The molecule has 1 aliphatic carbocycles. The maximum atomic E-state index is 12.1. The molecule has 0 radical (unpaired) electrons. The van der Waals surface area contributed by atoms with Crippen molar-refractivity contribution in [2.45, 2.75) is 19.3 Å². The van der Waals surface area contributed by atoms with Crippen LogP contribution >= 0.6 is 11.3 Å². The van der Waals surface area contributed by atoms with E-state index < -0.39 is 0 Å². The number of aromatic nitrogens is 1. The van der Waals surface area contributed by atoms with Gasteiger partial charge in [-0.3, -0.25) is 14.6 Å². The molecule has 1 aliphatic heterocycles. The molecule has 0 atom stereocenters. The summed E-state index contributed by atoms with van der Waals surface area (Å²) in [4.78, 5) is 22.3.